The molecule has 0 radical (unpaired) electrons. The minimum Gasteiger partial charge on any atom is -0.327 e. The molecule has 1 aliphatic carbocycles. The van der Waals surface area contributed by atoms with Crippen molar-refractivity contribution in [3.63, 3.8) is 0 Å². The summed E-state index contributed by atoms with van der Waals surface area (Å²) in [7, 11) is 0. The van der Waals surface area contributed by atoms with E-state index in [-0.39, 0.29) is 0 Å². The summed E-state index contributed by atoms with van der Waals surface area (Å²) in [6.45, 7) is 4.23. The molecule has 1 heterocycles. The van der Waals surface area contributed by atoms with Crippen LogP contribution in [0.4, 0.5) is 0 Å². The van der Waals surface area contributed by atoms with Crippen LogP contribution in [0.25, 0.3) is 0 Å². The summed E-state index contributed by atoms with van der Waals surface area (Å²) in [6, 6.07) is 0.308. The van der Waals surface area contributed by atoms with Crippen LogP contribution in [0.5, 0.6) is 0 Å². The van der Waals surface area contributed by atoms with Gasteiger partial charge in [0, 0.05) is 17.3 Å². The van der Waals surface area contributed by atoms with Gasteiger partial charge in [-0.1, -0.05) is 32.1 Å². The van der Waals surface area contributed by atoms with Crippen LogP contribution in [-0.2, 0) is 6.42 Å². The molecule has 2 nitrogen and oxygen atoms in total. The largest absolute Gasteiger partial charge is 0.327 e. The number of thiazole rings is 1. The molecule has 1 aromatic rings. The highest BCUT2D eigenvalue weighted by atomic mass is 32.1. The number of nitrogens with zero attached hydrogens (tertiary/aromatic N) is 1. The molecule has 1 saturated carbocycles. The lowest BCUT2D eigenvalue weighted by atomic mass is 9.84. The molecular weight excluding hydrogens is 228 g/mol. The molecule has 1 aromatic heterocycles. The van der Waals surface area contributed by atoms with E-state index in [0.29, 0.717) is 6.04 Å². The number of nitrogens with two attached hydrogens (primary N) is 1. The number of rotatable bonds is 4. The second-order valence-corrected chi connectivity index (χ2v) is 6.74. The standard InChI is InChI=1S/C14H24N2S/c1-10-11(2)17-14(16-10)9-13(15)8-12-6-4-3-5-7-12/h12-13H,3-9,15H2,1-2H3. The van der Waals surface area contributed by atoms with Crippen molar-refractivity contribution >= 4 is 11.3 Å². The van der Waals surface area contributed by atoms with Gasteiger partial charge in [0.1, 0.15) is 0 Å². The fourth-order valence-electron chi connectivity index (χ4n) is 2.79. The molecule has 2 rings (SSSR count). The minimum atomic E-state index is 0.308. The van der Waals surface area contributed by atoms with Crippen LogP contribution >= 0.6 is 11.3 Å². The van der Waals surface area contributed by atoms with E-state index in [4.69, 9.17) is 5.73 Å². The molecule has 2 N–H and O–H groups in total. The van der Waals surface area contributed by atoms with E-state index in [1.54, 1.807) is 0 Å². The molecule has 3 heteroatoms. The molecular formula is C14H24N2S. The molecule has 1 atom stereocenters. The lowest BCUT2D eigenvalue weighted by Crippen LogP contribution is -2.27. The van der Waals surface area contributed by atoms with Crippen LogP contribution in [0.1, 0.15) is 54.1 Å². The van der Waals surface area contributed by atoms with E-state index in [1.807, 2.05) is 11.3 Å². The summed E-state index contributed by atoms with van der Waals surface area (Å²) >= 11 is 1.81. The van der Waals surface area contributed by atoms with Crippen LogP contribution in [0.15, 0.2) is 0 Å². The first kappa shape index (κ1) is 13.0. The first-order valence-electron chi connectivity index (χ1n) is 6.83. The summed E-state index contributed by atoms with van der Waals surface area (Å²) in [6.07, 6.45) is 9.19. The fraction of sp³-hybridized carbons (Fsp3) is 0.786. The Bertz CT molecular complexity index is 334. The number of aromatic nitrogens is 1. The molecule has 0 aliphatic heterocycles. The van der Waals surface area contributed by atoms with Crippen molar-refractivity contribution in [2.45, 2.75) is 64.8 Å². The van der Waals surface area contributed by atoms with Crippen molar-refractivity contribution in [3.8, 4) is 0 Å². The maximum atomic E-state index is 6.26. The van der Waals surface area contributed by atoms with E-state index in [1.165, 1.54) is 54.1 Å². The molecule has 17 heavy (non-hydrogen) atoms. The van der Waals surface area contributed by atoms with Gasteiger partial charge < -0.3 is 5.73 Å². The third kappa shape index (κ3) is 3.78. The number of hydrogen-bond donors (Lipinski definition) is 1. The molecule has 1 fully saturated rings. The second-order valence-electron chi connectivity index (χ2n) is 5.45. The quantitative estimate of drug-likeness (QED) is 0.889. The van der Waals surface area contributed by atoms with Crippen LogP contribution in [0, 0.1) is 19.8 Å². The van der Waals surface area contributed by atoms with Gasteiger partial charge in [-0.2, -0.15) is 0 Å². The predicted octanol–water partition coefficient (Wildman–Crippen LogP) is 3.60. The van der Waals surface area contributed by atoms with Crippen LogP contribution in [0.2, 0.25) is 0 Å². The Morgan fingerprint density at radius 3 is 2.59 bits per heavy atom. The highest BCUT2D eigenvalue weighted by molar-refractivity contribution is 7.11. The Balaban J connectivity index is 1.81. The monoisotopic (exact) mass is 252 g/mol. The molecule has 0 bridgehead atoms. The Morgan fingerprint density at radius 2 is 2.00 bits per heavy atom. The highest BCUT2D eigenvalue weighted by Crippen LogP contribution is 2.28. The maximum Gasteiger partial charge on any atom is 0.0946 e. The van der Waals surface area contributed by atoms with Crippen LogP contribution in [-0.4, -0.2) is 11.0 Å². The van der Waals surface area contributed by atoms with Gasteiger partial charge >= 0.3 is 0 Å². The van der Waals surface area contributed by atoms with Crippen LogP contribution in [0.3, 0.4) is 0 Å². The summed E-state index contributed by atoms with van der Waals surface area (Å²) in [5.74, 6) is 0.876. The van der Waals surface area contributed by atoms with Crippen molar-refractivity contribution in [1.82, 2.24) is 4.98 Å². The van der Waals surface area contributed by atoms with Gasteiger partial charge in [0.25, 0.3) is 0 Å². The zero-order valence-electron chi connectivity index (χ0n) is 11.0. The van der Waals surface area contributed by atoms with Gasteiger partial charge in [-0.25, -0.2) is 4.98 Å². The molecule has 0 saturated heterocycles. The Morgan fingerprint density at radius 1 is 1.29 bits per heavy atom. The molecule has 96 valence electrons. The van der Waals surface area contributed by atoms with Gasteiger partial charge in [0.2, 0.25) is 0 Å². The molecule has 0 spiro atoms. The van der Waals surface area contributed by atoms with Crippen molar-refractivity contribution in [2.24, 2.45) is 11.7 Å². The van der Waals surface area contributed by atoms with E-state index < -0.39 is 0 Å². The predicted molar refractivity (Wildman–Crippen MR) is 74.5 cm³/mol. The zero-order valence-corrected chi connectivity index (χ0v) is 11.9. The lowest BCUT2D eigenvalue weighted by Gasteiger charge is -2.24. The second kappa shape index (κ2) is 5.96. The Hall–Kier alpha value is -0.410. The fourth-order valence-corrected chi connectivity index (χ4v) is 3.81. The average Bonchev–Trinajstić information content (AvgIpc) is 2.59. The number of aryl methyl sites for hydroxylation is 2. The normalized spacial score (nSPS) is 19.5. The van der Waals surface area contributed by atoms with Crippen molar-refractivity contribution < 1.29 is 0 Å². The first-order valence-corrected chi connectivity index (χ1v) is 7.65. The van der Waals surface area contributed by atoms with Crippen molar-refractivity contribution in [2.75, 3.05) is 0 Å². The smallest absolute Gasteiger partial charge is 0.0946 e. The summed E-state index contributed by atoms with van der Waals surface area (Å²) in [5, 5.41) is 1.23. The van der Waals surface area contributed by atoms with Gasteiger partial charge in [0.15, 0.2) is 0 Å². The summed E-state index contributed by atoms with van der Waals surface area (Å²) in [4.78, 5) is 5.92. The minimum absolute atomic E-state index is 0.308. The third-order valence-corrected chi connectivity index (χ3v) is 4.97. The number of hydrogen-bond acceptors (Lipinski definition) is 3. The van der Waals surface area contributed by atoms with Gasteiger partial charge in [-0.05, 0) is 26.2 Å². The zero-order chi connectivity index (χ0) is 12.3. The third-order valence-electron chi connectivity index (χ3n) is 3.87. The Kier molecular flexibility index (Phi) is 4.57. The molecule has 1 aliphatic rings. The highest BCUT2D eigenvalue weighted by Gasteiger charge is 2.18. The van der Waals surface area contributed by atoms with E-state index in [0.717, 1.165) is 12.3 Å². The molecule has 0 amide bonds. The lowest BCUT2D eigenvalue weighted by molar-refractivity contribution is 0.316. The maximum absolute atomic E-state index is 6.26. The Labute approximate surface area is 109 Å². The summed E-state index contributed by atoms with van der Waals surface area (Å²) < 4.78 is 0. The topological polar surface area (TPSA) is 38.9 Å². The SMILES string of the molecule is Cc1nc(CC(N)CC2CCCCC2)sc1C. The molecule has 0 aromatic carbocycles. The van der Waals surface area contributed by atoms with E-state index in [2.05, 4.69) is 18.8 Å². The van der Waals surface area contributed by atoms with Gasteiger partial charge in [-0.3, -0.25) is 0 Å². The van der Waals surface area contributed by atoms with E-state index in [9.17, 15) is 0 Å². The molecule has 1 unspecified atom stereocenters. The van der Waals surface area contributed by atoms with Crippen LogP contribution < -0.4 is 5.73 Å². The first-order chi connectivity index (χ1) is 8.15. The average molecular weight is 252 g/mol. The van der Waals surface area contributed by atoms with Crippen molar-refractivity contribution in [3.05, 3.63) is 15.6 Å². The van der Waals surface area contributed by atoms with E-state index >= 15 is 0 Å². The van der Waals surface area contributed by atoms with Gasteiger partial charge in [0.05, 0.1) is 10.7 Å². The summed E-state index contributed by atoms with van der Waals surface area (Å²) in [5.41, 5.74) is 7.44. The van der Waals surface area contributed by atoms with Crippen molar-refractivity contribution in [1.29, 1.82) is 0 Å². The van der Waals surface area contributed by atoms with Gasteiger partial charge in [-0.15, -0.1) is 11.3 Å².